The molecule has 2 aromatic carbocycles. The summed E-state index contributed by atoms with van der Waals surface area (Å²) in [5, 5.41) is 14.0. The number of nitro benzene ring substituents is 1. The number of rotatable bonds is 5. The number of amides is 1. The minimum Gasteiger partial charge on any atom is -0.481 e. The number of hydrogen-bond acceptors (Lipinski definition) is 4. The molecule has 0 aliphatic heterocycles. The Bertz CT molecular complexity index is 798. The summed E-state index contributed by atoms with van der Waals surface area (Å²) in [7, 11) is 0. The predicted octanol–water partition coefficient (Wildman–Crippen LogP) is 4.73. The maximum Gasteiger partial charge on any atom is 0.270 e. The van der Waals surface area contributed by atoms with Crippen molar-refractivity contribution in [3.05, 3.63) is 61.6 Å². The number of aryl methyl sites for hydroxylation is 1. The van der Waals surface area contributed by atoms with Crippen molar-refractivity contribution >= 4 is 44.8 Å². The molecule has 1 atom stereocenters. The van der Waals surface area contributed by atoms with Crippen molar-refractivity contribution in [1.29, 1.82) is 0 Å². The maximum atomic E-state index is 12.2. The number of anilines is 1. The van der Waals surface area contributed by atoms with Crippen LogP contribution in [0.2, 0.25) is 5.02 Å². The van der Waals surface area contributed by atoms with Gasteiger partial charge in [-0.05, 0) is 59.6 Å². The minimum absolute atomic E-state index is 0.0686. The Morgan fingerprint density at radius 2 is 2.04 bits per heavy atom. The lowest BCUT2D eigenvalue weighted by Crippen LogP contribution is -2.30. The fourth-order valence-electron chi connectivity index (χ4n) is 1.94. The molecule has 1 N–H and O–H groups in total. The van der Waals surface area contributed by atoms with Crippen LogP contribution in [-0.2, 0) is 4.79 Å². The van der Waals surface area contributed by atoms with Gasteiger partial charge in [0.1, 0.15) is 5.75 Å². The summed E-state index contributed by atoms with van der Waals surface area (Å²) < 4.78 is 6.06. The van der Waals surface area contributed by atoms with Crippen LogP contribution in [0.1, 0.15) is 12.5 Å². The van der Waals surface area contributed by atoms with Gasteiger partial charge >= 0.3 is 0 Å². The Morgan fingerprint density at radius 1 is 1.33 bits per heavy atom. The third-order valence-electron chi connectivity index (χ3n) is 3.23. The first kappa shape index (κ1) is 18.2. The van der Waals surface area contributed by atoms with Gasteiger partial charge in [0.25, 0.3) is 11.6 Å². The van der Waals surface area contributed by atoms with Gasteiger partial charge in [-0.1, -0.05) is 11.6 Å². The fourth-order valence-corrected chi connectivity index (χ4v) is 2.63. The zero-order valence-corrected chi connectivity index (χ0v) is 15.2. The lowest BCUT2D eigenvalue weighted by molar-refractivity contribution is -0.384. The van der Waals surface area contributed by atoms with Crippen molar-refractivity contribution in [2.24, 2.45) is 0 Å². The summed E-state index contributed by atoms with van der Waals surface area (Å²) in [6.45, 7) is 3.45. The largest absolute Gasteiger partial charge is 0.481 e. The molecule has 0 aliphatic rings. The smallest absolute Gasteiger partial charge is 0.270 e. The molecule has 1 unspecified atom stereocenters. The van der Waals surface area contributed by atoms with E-state index in [1.54, 1.807) is 25.1 Å². The molecule has 0 saturated heterocycles. The molecule has 24 heavy (non-hydrogen) atoms. The van der Waals surface area contributed by atoms with Gasteiger partial charge in [-0.2, -0.15) is 0 Å². The van der Waals surface area contributed by atoms with Crippen LogP contribution in [-0.4, -0.2) is 16.9 Å². The van der Waals surface area contributed by atoms with Crippen LogP contribution in [0, 0.1) is 17.0 Å². The number of carbonyl (C=O) groups is 1. The molecule has 0 spiro atoms. The van der Waals surface area contributed by atoms with Crippen LogP contribution in [0.25, 0.3) is 0 Å². The second-order valence-corrected chi connectivity index (χ2v) is 6.37. The van der Waals surface area contributed by atoms with Crippen LogP contribution in [0.3, 0.4) is 0 Å². The van der Waals surface area contributed by atoms with Gasteiger partial charge in [0.15, 0.2) is 6.10 Å². The van der Waals surface area contributed by atoms with Crippen LogP contribution in [0.15, 0.2) is 40.9 Å². The number of hydrogen-bond donors (Lipinski definition) is 1. The average molecular weight is 414 g/mol. The van der Waals surface area contributed by atoms with E-state index < -0.39 is 11.0 Å². The number of nitrogens with one attached hydrogen (secondary N) is 1. The molecule has 0 bridgehead atoms. The summed E-state index contributed by atoms with van der Waals surface area (Å²) in [5.74, 6) is 0.184. The second-order valence-electron chi connectivity index (χ2n) is 5.08. The van der Waals surface area contributed by atoms with Crippen molar-refractivity contribution in [3.8, 4) is 5.75 Å². The molecule has 0 aliphatic carbocycles. The maximum absolute atomic E-state index is 12.2. The summed E-state index contributed by atoms with van der Waals surface area (Å²) in [6, 6.07) is 9.22. The molecule has 1 amide bonds. The molecule has 2 rings (SSSR count). The number of nitro groups is 1. The average Bonchev–Trinajstić information content (AvgIpc) is 2.51. The topological polar surface area (TPSA) is 81.5 Å². The van der Waals surface area contributed by atoms with Gasteiger partial charge in [0.05, 0.1) is 10.6 Å². The van der Waals surface area contributed by atoms with Crippen LogP contribution in [0.5, 0.6) is 5.75 Å². The molecule has 0 fully saturated rings. The third kappa shape index (κ3) is 4.46. The van der Waals surface area contributed by atoms with Crippen LogP contribution < -0.4 is 10.1 Å². The minimum atomic E-state index is -0.757. The molecule has 8 heteroatoms. The van der Waals surface area contributed by atoms with Gasteiger partial charge in [-0.3, -0.25) is 14.9 Å². The van der Waals surface area contributed by atoms with E-state index in [1.165, 1.54) is 18.2 Å². The Hall–Kier alpha value is -2.12. The fraction of sp³-hybridized carbons (Fsp3) is 0.188. The number of benzene rings is 2. The first-order valence-electron chi connectivity index (χ1n) is 6.95. The molecule has 0 aromatic heterocycles. The van der Waals surface area contributed by atoms with E-state index in [0.29, 0.717) is 20.9 Å². The number of carbonyl (C=O) groups excluding carboxylic acids is 1. The number of ether oxygens (including phenoxy) is 1. The third-order valence-corrected chi connectivity index (χ3v) is 4.12. The van der Waals surface area contributed by atoms with Gasteiger partial charge < -0.3 is 10.1 Å². The van der Waals surface area contributed by atoms with E-state index in [2.05, 4.69) is 21.2 Å². The molecular formula is C16H14BrClN2O4. The lowest BCUT2D eigenvalue weighted by atomic mass is 10.2. The Balaban J connectivity index is 2.07. The van der Waals surface area contributed by atoms with Crippen LogP contribution in [0.4, 0.5) is 11.4 Å². The first-order valence-corrected chi connectivity index (χ1v) is 8.12. The lowest BCUT2D eigenvalue weighted by Gasteiger charge is -2.17. The SMILES string of the molecule is Cc1cc(Cl)ccc1OC(C)C(=O)Nc1ccc([N+](=O)[O-])cc1Br. The van der Waals surface area contributed by atoms with E-state index in [0.717, 1.165) is 5.56 Å². The van der Waals surface area contributed by atoms with Gasteiger partial charge in [0.2, 0.25) is 0 Å². The highest BCUT2D eigenvalue weighted by Gasteiger charge is 2.18. The first-order chi connectivity index (χ1) is 11.3. The standard InChI is InChI=1S/C16H14BrClN2O4/c1-9-7-11(18)3-6-15(9)24-10(2)16(21)19-14-5-4-12(20(22)23)8-13(14)17/h3-8,10H,1-2H3,(H,19,21). The molecule has 0 saturated carbocycles. The zero-order chi connectivity index (χ0) is 17.9. The summed E-state index contributed by atoms with van der Waals surface area (Å²) in [4.78, 5) is 22.5. The zero-order valence-electron chi connectivity index (χ0n) is 12.9. The molecule has 0 radical (unpaired) electrons. The quantitative estimate of drug-likeness (QED) is 0.568. The Kier molecular flexibility index (Phi) is 5.80. The van der Waals surface area contributed by atoms with E-state index in [4.69, 9.17) is 16.3 Å². The molecule has 0 heterocycles. The molecular weight excluding hydrogens is 400 g/mol. The molecule has 2 aromatic rings. The van der Waals surface area contributed by atoms with E-state index in [1.807, 2.05) is 6.92 Å². The van der Waals surface area contributed by atoms with Gasteiger partial charge in [-0.25, -0.2) is 0 Å². The van der Waals surface area contributed by atoms with Crippen molar-refractivity contribution in [3.63, 3.8) is 0 Å². The van der Waals surface area contributed by atoms with E-state index >= 15 is 0 Å². The molecule has 126 valence electrons. The normalized spacial score (nSPS) is 11.7. The number of nitrogens with zero attached hydrogens (tertiary/aromatic N) is 1. The Labute approximate surface area is 152 Å². The Morgan fingerprint density at radius 3 is 2.62 bits per heavy atom. The van der Waals surface area contributed by atoms with Crippen molar-refractivity contribution in [1.82, 2.24) is 0 Å². The highest BCUT2D eigenvalue weighted by molar-refractivity contribution is 9.10. The van der Waals surface area contributed by atoms with Crippen molar-refractivity contribution in [2.75, 3.05) is 5.32 Å². The van der Waals surface area contributed by atoms with E-state index in [9.17, 15) is 14.9 Å². The predicted molar refractivity (Wildman–Crippen MR) is 95.7 cm³/mol. The molecule has 6 nitrogen and oxygen atoms in total. The highest BCUT2D eigenvalue weighted by Crippen LogP contribution is 2.28. The van der Waals surface area contributed by atoms with E-state index in [-0.39, 0.29) is 11.6 Å². The van der Waals surface area contributed by atoms with Crippen molar-refractivity contribution in [2.45, 2.75) is 20.0 Å². The highest BCUT2D eigenvalue weighted by atomic mass is 79.9. The van der Waals surface area contributed by atoms with Gasteiger partial charge in [-0.15, -0.1) is 0 Å². The number of halogens is 2. The van der Waals surface area contributed by atoms with Crippen molar-refractivity contribution < 1.29 is 14.5 Å². The number of non-ortho nitro benzene ring substituents is 1. The van der Waals surface area contributed by atoms with Crippen LogP contribution >= 0.6 is 27.5 Å². The summed E-state index contributed by atoms with van der Waals surface area (Å²) >= 11 is 9.09. The summed E-state index contributed by atoms with van der Waals surface area (Å²) in [6.07, 6.45) is -0.757. The monoisotopic (exact) mass is 412 g/mol. The van der Waals surface area contributed by atoms with Gasteiger partial charge in [0, 0.05) is 21.6 Å². The second kappa shape index (κ2) is 7.63. The summed E-state index contributed by atoms with van der Waals surface area (Å²) in [5.41, 5.74) is 1.17.